The number of benzene rings is 1. The fourth-order valence-electron chi connectivity index (χ4n) is 3.04. The van der Waals surface area contributed by atoms with E-state index < -0.39 is 11.6 Å². The van der Waals surface area contributed by atoms with E-state index in [0.29, 0.717) is 31.9 Å². The molecule has 12 heteroatoms. The summed E-state index contributed by atoms with van der Waals surface area (Å²) in [5.41, 5.74) is 5.96. The Bertz CT molecular complexity index is 877. The third-order valence-electron chi connectivity index (χ3n) is 4.53. The lowest BCUT2D eigenvalue weighted by atomic mass is 10.2. The van der Waals surface area contributed by atoms with Crippen LogP contribution in [0.25, 0.3) is 5.69 Å². The number of anilines is 1. The lowest BCUT2D eigenvalue weighted by Crippen LogP contribution is -2.50. The van der Waals surface area contributed by atoms with Crippen LogP contribution < -0.4 is 16.0 Å². The molecular weight excluding hydrogens is 404 g/mol. The summed E-state index contributed by atoms with van der Waals surface area (Å²) in [5, 5.41) is 10.8. The van der Waals surface area contributed by atoms with Gasteiger partial charge in [0.25, 0.3) is 5.17 Å². The first-order valence-electron chi connectivity index (χ1n) is 8.88. The topological polar surface area (TPSA) is 102 Å². The second-order valence-corrected chi connectivity index (χ2v) is 6.70. The number of hydrogen-bond acceptors (Lipinski definition) is 7. The number of nitrogens with zero attached hydrogens (tertiary/aromatic N) is 5. The number of rotatable bonds is 5. The molecule has 1 aliphatic rings. The van der Waals surface area contributed by atoms with Gasteiger partial charge in [-0.1, -0.05) is 5.21 Å². The van der Waals surface area contributed by atoms with Gasteiger partial charge in [-0.2, -0.15) is 0 Å². The molecular formula is C17H21F2N7O2S. The number of ether oxygens (including phenoxy) is 1. The lowest BCUT2D eigenvalue weighted by molar-refractivity contribution is -0.129. The second-order valence-electron chi connectivity index (χ2n) is 6.33. The summed E-state index contributed by atoms with van der Waals surface area (Å²) >= 11 is 4.87. The maximum Gasteiger partial charge on any atom is 0.256 e. The molecule has 3 rings (SSSR count). The van der Waals surface area contributed by atoms with Crippen molar-refractivity contribution in [2.75, 3.05) is 44.7 Å². The zero-order valence-electron chi connectivity index (χ0n) is 15.8. The molecule has 3 N–H and O–H groups in total. The van der Waals surface area contributed by atoms with E-state index in [4.69, 9.17) is 22.7 Å². The molecule has 2 heterocycles. The van der Waals surface area contributed by atoms with Crippen LogP contribution in [0.5, 0.6) is 0 Å². The van der Waals surface area contributed by atoms with Crippen LogP contribution >= 0.6 is 12.2 Å². The smallest absolute Gasteiger partial charge is 0.256 e. The molecule has 1 fully saturated rings. The van der Waals surface area contributed by atoms with Gasteiger partial charge in [-0.3, -0.25) is 4.79 Å². The average molecular weight is 425 g/mol. The van der Waals surface area contributed by atoms with Gasteiger partial charge >= 0.3 is 0 Å². The Morgan fingerprint density at radius 1 is 1.28 bits per heavy atom. The van der Waals surface area contributed by atoms with Gasteiger partial charge in [-0.25, -0.2) is 13.5 Å². The van der Waals surface area contributed by atoms with E-state index in [1.807, 2.05) is 0 Å². The van der Waals surface area contributed by atoms with E-state index >= 15 is 0 Å². The van der Waals surface area contributed by atoms with Gasteiger partial charge in [-0.05, 0) is 12.2 Å². The van der Waals surface area contributed by atoms with Crippen molar-refractivity contribution in [1.29, 1.82) is 0 Å². The summed E-state index contributed by atoms with van der Waals surface area (Å²) in [4.78, 5) is 14.8. The quantitative estimate of drug-likeness (QED) is 0.654. The molecule has 1 saturated heterocycles. The van der Waals surface area contributed by atoms with E-state index in [9.17, 15) is 13.6 Å². The van der Waals surface area contributed by atoms with Crippen molar-refractivity contribution >= 4 is 29.0 Å². The third kappa shape index (κ3) is 4.77. The summed E-state index contributed by atoms with van der Waals surface area (Å²) < 4.78 is 35.5. The Labute approximate surface area is 171 Å². The molecule has 29 heavy (non-hydrogen) atoms. The summed E-state index contributed by atoms with van der Waals surface area (Å²) in [7, 11) is 1.44. The number of hydrogen-bond donors (Lipinski definition) is 2. The van der Waals surface area contributed by atoms with Crippen LogP contribution in [0.1, 0.15) is 5.69 Å². The Kier molecular flexibility index (Phi) is 6.54. The van der Waals surface area contributed by atoms with Crippen molar-refractivity contribution in [2.45, 2.75) is 6.54 Å². The molecule has 1 aromatic carbocycles. The predicted octanol–water partition coefficient (Wildman–Crippen LogP) is 0.174. The maximum absolute atomic E-state index is 14.7. The van der Waals surface area contributed by atoms with Crippen LogP contribution in [0.3, 0.4) is 0 Å². The number of piperazine rings is 1. The molecule has 0 radical (unpaired) electrons. The van der Waals surface area contributed by atoms with Crippen LogP contribution in [0.15, 0.2) is 18.3 Å². The lowest BCUT2D eigenvalue weighted by Gasteiger charge is -2.36. The molecule has 1 aromatic heterocycles. The highest BCUT2D eigenvalue weighted by Gasteiger charge is 2.25. The first kappa shape index (κ1) is 20.9. The molecule has 9 nitrogen and oxygen atoms in total. The first-order chi connectivity index (χ1) is 13.9. The van der Waals surface area contributed by atoms with E-state index in [-0.39, 0.29) is 35.5 Å². The Morgan fingerprint density at radius 2 is 1.93 bits per heavy atom. The Morgan fingerprint density at radius 3 is 2.52 bits per heavy atom. The normalized spacial score (nSPS) is 14.1. The Balaban J connectivity index is 1.72. The number of carbonyl (C=O) groups is 1. The minimum Gasteiger partial charge on any atom is -0.474 e. The number of carbonyl (C=O) groups excluding carboxylic acids is 1. The highest BCUT2D eigenvalue weighted by molar-refractivity contribution is 7.80. The third-order valence-corrected chi connectivity index (χ3v) is 4.84. The molecule has 0 spiro atoms. The fraction of sp³-hybridized carbons (Fsp3) is 0.412. The number of halogens is 2. The number of amides is 1. The van der Waals surface area contributed by atoms with E-state index in [1.54, 1.807) is 9.80 Å². The average Bonchev–Trinajstić information content (AvgIpc) is 3.20. The number of aromatic nitrogens is 3. The van der Waals surface area contributed by atoms with Crippen LogP contribution in [0.4, 0.5) is 14.5 Å². The van der Waals surface area contributed by atoms with Crippen LogP contribution in [-0.4, -0.2) is 70.8 Å². The van der Waals surface area contributed by atoms with Gasteiger partial charge in [0.05, 0.1) is 32.1 Å². The zero-order chi connectivity index (χ0) is 21.0. The minimum atomic E-state index is -0.714. The largest absolute Gasteiger partial charge is 0.474 e. The van der Waals surface area contributed by atoms with Gasteiger partial charge in [0.2, 0.25) is 5.91 Å². The molecule has 1 amide bonds. The molecule has 0 saturated carbocycles. The summed E-state index contributed by atoms with van der Waals surface area (Å²) in [5.74, 6) is -1.60. The summed E-state index contributed by atoms with van der Waals surface area (Å²) in [6.45, 7) is 1.54. The molecule has 0 aliphatic carbocycles. The number of thiocarbonyl (C=S) groups is 1. The van der Waals surface area contributed by atoms with Crippen molar-refractivity contribution < 1.29 is 18.3 Å². The SMILES string of the molecule is COC(=S)NCc1cn(-c2cc(F)c(N3CCN(C(=O)CN)CC3)c(F)c2)nn1. The standard InChI is InChI=1S/C17H21F2N7O2S/c1-28-17(29)21-9-11-10-26(23-22-11)12-6-13(18)16(14(19)7-12)25-4-2-24(3-5-25)15(27)8-20/h6-7,10H,2-5,8-9,20H2,1H3,(H,21,29). The summed E-state index contributed by atoms with van der Waals surface area (Å²) in [6.07, 6.45) is 1.54. The monoisotopic (exact) mass is 425 g/mol. The van der Waals surface area contributed by atoms with E-state index in [0.717, 1.165) is 0 Å². The number of nitrogens with two attached hydrogens (primary N) is 1. The van der Waals surface area contributed by atoms with Crippen molar-refractivity contribution in [3.8, 4) is 5.69 Å². The van der Waals surface area contributed by atoms with Gasteiger partial charge in [-0.15, -0.1) is 5.10 Å². The van der Waals surface area contributed by atoms with Gasteiger partial charge in [0, 0.05) is 38.3 Å². The molecule has 2 aromatic rings. The van der Waals surface area contributed by atoms with Crippen molar-refractivity contribution in [2.24, 2.45) is 5.73 Å². The summed E-state index contributed by atoms with van der Waals surface area (Å²) in [6, 6.07) is 2.39. The highest BCUT2D eigenvalue weighted by atomic mass is 32.1. The van der Waals surface area contributed by atoms with Gasteiger partial charge in [0.15, 0.2) is 11.6 Å². The minimum absolute atomic E-state index is 0.0793. The predicted molar refractivity (Wildman–Crippen MR) is 106 cm³/mol. The van der Waals surface area contributed by atoms with Crippen molar-refractivity contribution in [3.05, 3.63) is 35.7 Å². The Hall–Kier alpha value is -2.86. The zero-order valence-corrected chi connectivity index (χ0v) is 16.6. The van der Waals surface area contributed by atoms with Crippen LogP contribution in [0, 0.1) is 11.6 Å². The van der Waals surface area contributed by atoms with E-state index in [1.165, 1.54) is 30.1 Å². The molecule has 1 aliphatic heterocycles. The van der Waals surface area contributed by atoms with E-state index in [2.05, 4.69) is 15.6 Å². The van der Waals surface area contributed by atoms with Crippen molar-refractivity contribution in [1.82, 2.24) is 25.2 Å². The number of methoxy groups -OCH3 is 1. The first-order valence-corrected chi connectivity index (χ1v) is 9.29. The second kappa shape index (κ2) is 9.09. The van der Waals surface area contributed by atoms with Crippen LogP contribution in [0.2, 0.25) is 0 Å². The number of nitrogens with one attached hydrogen (secondary N) is 1. The molecule has 156 valence electrons. The fourth-order valence-corrected chi connectivity index (χ4v) is 3.11. The molecule has 0 atom stereocenters. The van der Waals surface area contributed by atoms with Crippen molar-refractivity contribution in [3.63, 3.8) is 0 Å². The highest BCUT2D eigenvalue weighted by Crippen LogP contribution is 2.27. The molecule has 0 unspecified atom stereocenters. The van der Waals surface area contributed by atoms with Crippen LogP contribution in [-0.2, 0) is 16.1 Å². The maximum atomic E-state index is 14.7. The van der Waals surface area contributed by atoms with Gasteiger partial charge < -0.3 is 25.6 Å². The molecule has 0 bridgehead atoms. The van der Waals surface area contributed by atoms with Gasteiger partial charge in [0.1, 0.15) is 11.4 Å².